The van der Waals surface area contributed by atoms with E-state index in [0.717, 1.165) is 0 Å². The van der Waals surface area contributed by atoms with E-state index < -0.39 is 11.9 Å². The number of carboxylic acid groups (broad SMARTS) is 1. The largest absolute Gasteiger partial charge is 0.477 e. The fraction of sp³-hybridized carbons (Fsp3) is 0.143. The lowest BCUT2D eigenvalue weighted by Crippen LogP contribution is -2.11. The van der Waals surface area contributed by atoms with Crippen LogP contribution in [-0.2, 0) is 4.74 Å². The number of aryl methyl sites for hydroxylation is 2. The van der Waals surface area contributed by atoms with Gasteiger partial charge in [0.05, 0.1) is 38.6 Å². The van der Waals surface area contributed by atoms with Gasteiger partial charge < -0.3 is 9.84 Å². The van der Waals surface area contributed by atoms with E-state index in [2.05, 4.69) is 24.9 Å². The second kappa shape index (κ2) is 11.0. The molecule has 0 aliphatic rings. The molecule has 182 valence electrons. The van der Waals surface area contributed by atoms with Gasteiger partial charge in [-0.1, -0.05) is 46.4 Å². The van der Waals surface area contributed by atoms with Gasteiger partial charge in [-0.2, -0.15) is 10.2 Å². The molecule has 0 radical (unpaired) electrons. The van der Waals surface area contributed by atoms with Gasteiger partial charge in [0.1, 0.15) is 0 Å². The van der Waals surface area contributed by atoms with Gasteiger partial charge in [-0.25, -0.2) is 28.9 Å². The number of rotatable bonds is 4. The van der Waals surface area contributed by atoms with Crippen LogP contribution in [0.25, 0.3) is 11.6 Å². The van der Waals surface area contributed by atoms with Crippen molar-refractivity contribution in [2.24, 2.45) is 0 Å². The van der Waals surface area contributed by atoms with Gasteiger partial charge in [-0.3, -0.25) is 0 Å². The Labute approximate surface area is 219 Å². The Morgan fingerprint density at radius 1 is 0.800 bits per heavy atom. The summed E-state index contributed by atoms with van der Waals surface area (Å²) in [6.07, 6.45) is 2.81. The van der Waals surface area contributed by atoms with Crippen molar-refractivity contribution in [3.05, 3.63) is 79.5 Å². The minimum atomic E-state index is -1.10. The highest BCUT2D eigenvalue weighted by Gasteiger charge is 2.19. The predicted molar refractivity (Wildman–Crippen MR) is 131 cm³/mol. The number of esters is 1. The number of ether oxygens (including phenoxy) is 1. The molecule has 4 aromatic heterocycles. The minimum Gasteiger partial charge on any atom is -0.477 e. The third-order valence-electron chi connectivity index (χ3n) is 4.25. The van der Waals surface area contributed by atoms with Gasteiger partial charge in [0, 0.05) is 12.4 Å². The molecule has 0 atom stereocenters. The number of pyridine rings is 2. The minimum absolute atomic E-state index is 0.000720. The van der Waals surface area contributed by atoms with Gasteiger partial charge in [-0.15, -0.1) is 0 Å². The number of carbonyl (C=O) groups excluding carboxylic acids is 1. The molecule has 4 rings (SSSR count). The molecular formula is C21H16Cl4N6O4. The zero-order chi connectivity index (χ0) is 25.9. The second-order valence-corrected chi connectivity index (χ2v) is 8.57. The van der Waals surface area contributed by atoms with E-state index in [4.69, 9.17) is 51.5 Å². The summed E-state index contributed by atoms with van der Waals surface area (Å²) in [5.74, 6) is -1.04. The fourth-order valence-corrected chi connectivity index (χ4v) is 3.77. The first-order chi connectivity index (χ1) is 16.5. The SMILES string of the molecule is COC(=O)c1cc(C)nn1-c1ncc(Cl)cc1Cl.Cc1cc(C(=O)O)n(-c2ncc(Cl)cc2Cl)n1. The molecule has 35 heavy (non-hydrogen) atoms. The maximum Gasteiger partial charge on any atom is 0.356 e. The fourth-order valence-electron chi connectivity index (χ4n) is 2.85. The third-order valence-corrected chi connectivity index (χ3v) is 5.22. The van der Waals surface area contributed by atoms with Crippen LogP contribution >= 0.6 is 46.4 Å². The number of hydrogen-bond donors (Lipinski definition) is 1. The Morgan fingerprint density at radius 2 is 1.23 bits per heavy atom. The number of halogens is 4. The van der Waals surface area contributed by atoms with Crippen molar-refractivity contribution < 1.29 is 19.4 Å². The van der Waals surface area contributed by atoms with Crippen molar-refractivity contribution in [2.45, 2.75) is 13.8 Å². The molecule has 0 aromatic carbocycles. The number of carboxylic acids is 1. The lowest BCUT2D eigenvalue weighted by Gasteiger charge is -2.06. The average Bonchev–Trinajstić information content (AvgIpc) is 3.36. The van der Waals surface area contributed by atoms with E-state index in [1.807, 2.05) is 0 Å². The summed E-state index contributed by atoms with van der Waals surface area (Å²) in [5, 5.41) is 18.6. The maximum absolute atomic E-state index is 11.6. The summed E-state index contributed by atoms with van der Waals surface area (Å²) >= 11 is 23.5. The molecule has 0 aliphatic heterocycles. The van der Waals surface area contributed by atoms with Crippen LogP contribution < -0.4 is 0 Å². The van der Waals surface area contributed by atoms with Crippen molar-refractivity contribution in [3.63, 3.8) is 0 Å². The van der Waals surface area contributed by atoms with Gasteiger partial charge in [0.15, 0.2) is 23.0 Å². The van der Waals surface area contributed by atoms with Crippen LogP contribution in [0.4, 0.5) is 0 Å². The van der Waals surface area contributed by atoms with Gasteiger partial charge in [0.25, 0.3) is 0 Å². The van der Waals surface area contributed by atoms with Crippen LogP contribution in [0, 0.1) is 13.8 Å². The van der Waals surface area contributed by atoms with E-state index in [1.54, 1.807) is 19.9 Å². The number of aromatic carboxylic acids is 1. The lowest BCUT2D eigenvalue weighted by atomic mass is 10.3. The van der Waals surface area contributed by atoms with Crippen LogP contribution in [0.3, 0.4) is 0 Å². The van der Waals surface area contributed by atoms with Gasteiger partial charge in [0.2, 0.25) is 0 Å². The Kier molecular flexibility index (Phi) is 8.34. The lowest BCUT2D eigenvalue weighted by molar-refractivity contribution is 0.0589. The number of nitrogens with zero attached hydrogens (tertiary/aromatic N) is 6. The van der Waals surface area contributed by atoms with Gasteiger partial charge in [-0.05, 0) is 38.1 Å². The third kappa shape index (κ3) is 6.09. The van der Waals surface area contributed by atoms with E-state index in [1.165, 1.54) is 47.1 Å². The highest BCUT2D eigenvalue weighted by atomic mass is 35.5. The summed E-state index contributed by atoms with van der Waals surface area (Å²) in [6, 6.07) is 6.05. The molecule has 14 heteroatoms. The summed E-state index contributed by atoms with van der Waals surface area (Å²) in [6.45, 7) is 3.44. The Balaban J connectivity index is 0.000000196. The molecule has 1 N–H and O–H groups in total. The van der Waals surface area contributed by atoms with Gasteiger partial charge >= 0.3 is 11.9 Å². The normalized spacial score (nSPS) is 10.5. The topological polar surface area (TPSA) is 125 Å². The second-order valence-electron chi connectivity index (χ2n) is 6.88. The first kappa shape index (κ1) is 26.4. The maximum atomic E-state index is 11.6. The monoisotopic (exact) mass is 556 g/mol. The van der Waals surface area contributed by atoms with E-state index in [-0.39, 0.29) is 22.2 Å². The summed E-state index contributed by atoms with van der Waals surface area (Å²) < 4.78 is 7.19. The van der Waals surface area contributed by atoms with Crippen molar-refractivity contribution in [1.29, 1.82) is 0 Å². The number of carbonyl (C=O) groups is 2. The predicted octanol–water partition coefficient (Wildman–Crippen LogP) is 5.25. The molecular weight excluding hydrogens is 542 g/mol. The molecule has 0 fully saturated rings. The molecule has 10 nitrogen and oxygen atoms in total. The molecule has 0 amide bonds. The first-order valence-corrected chi connectivity index (χ1v) is 11.1. The van der Waals surface area contributed by atoms with Crippen molar-refractivity contribution in [1.82, 2.24) is 29.5 Å². The standard InChI is InChI=1S/C11H9Cl2N3O2.C10H7Cl2N3O2/c1-6-3-9(11(17)18-2)16(15-6)10-8(13)4-7(12)5-14-10;1-5-2-8(10(16)17)15(14-5)9-7(12)3-6(11)4-13-9/h3-5H,1-2H3;2-4H,1H3,(H,16,17). The van der Waals surface area contributed by atoms with Crippen LogP contribution in [0.1, 0.15) is 32.4 Å². The Hall–Kier alpha value is -3.18. The summed E-state index contributed by atoms with van der Waals surface area (Å²) in [5.41, 5.74) is 1.48. The Morgan fingerprint density at radius 3 is 1.63 bits per heavy atom. The van der Waals surface area contributed by atoms with Crippen LogP contribution in [0.15, 0.2) is 36.7 Å². The molecule has 0 saturated carbocycles. The molecule has 0 spiro atoms. The van der Waals surface area contributed by atoms with E-state index >= 15 is 0 Å². The zero-order valence-electron chi connectivity index (χ0n) is 18.3. The molecule has 0 unspecified atom stereocenters. The summed E-state index contributed by atoms with van der Waals surface area (Å²) in [7, 11) is 1.30. The quantitative estimate of drug-likeness (QED) is 0.337. The van der Waals surface area contributed by atoms with E-state index in [0.29, 0.717) is 32.3 Å². The van der Waals surface area contributed by atoms with Crippen molar-refractivity contribution in [2.75, 3.05) is 7.11 Å². The average molecular weight is 558 g/mol. The van der Waals surface area contributed by atoms with Crippen LogP contribution in [-0.4, -0.2) is 53.7 Å². The summed E-state index contributed by atoms with van der Waals surface area (Å²) in [4.78, 5) is 30.7. The molecule has 4 aromatic rings. The number of aromatic nitrogens is 6. The number of methoxy groups -OCH3 is 1. The highest BCUT2D eigenvalue weighted by molar-refractivity contribution is 6.36. The molecule has 0 saturated heterocycles. The van der Waals surface area contributed by atoms with E-state index in [9.17, 15) is 9.59 Å². The zero-order valence-corrected chi connectivity index (χ0v) is 21.4. The molecule has 4 heterocycles. The number of hydrogen-bond acceptors (Lipinski definition) is 7. The van der Waals surface area contributed by atoms with Crippen LogP contribution in [0.5, 0.6) is 0 Å². The highest BCUT2D eigenvalue weighted by Crippen LogP contribution is 2.24. The van der Waals surface area contributed by atoms with Crippen LogP contribution in [0.2, 0.25) is 20.1 Å². The Bertz CT molecular complexity index is 1420. The first-order valence-electron chi connectivity index (χ1n) is 9.59. The smallest absolute Gasteiger partial charge is 0.356 e. The molecule has 0 aliphatic carbocycles. The van der Waals surface area contributed by atoms with Crippen molar-refractivity contribution in [3.8, 4) is 11.6 Å². The molecule has 0 bridgehead atoms. The van der Waals surface area contributed by atoms with Crippen molar-refractivity contribution >= 4 is 58.3 Å².